The lowest BCUT2D eigenvalue weighted by molar-refractivity contribution is 0.460. The first-order valence-corrected chi connectivity index (χ1v) is 6.22. The molecule has 0 saturated carbocycles. The highest BCUT2D eigenvalue weighted by atomic mass is 19.1. The number of hydrogen-bond donors (Lipinski definition) is 2. The first-order valence-electron chi connectivity index (χ1n) is 6.22. The van der Waals surface area contributed by atoms with Gasteiger partial charge in [-0.2, -0.15) is 0 Å². The van der Waals surface area contributed by atoms with Crippen LogP contribution in [-0.4, -0.2) is 11.7 Å². The predicted molar refractivity (Wildman–Crippen MR) is 68.6 cm³/mol. The molecule has 2 N–H and O–H groups in total. The van der Waals surface area contributed by atoms with E-state index in [1.54, 1.807) is 6.07 Å². The number of phenolic OH excluding ortho intramolecular Hbond substituents is 1. The van der Waals surface area contributed by atoms with Crippen LogP contribution in [0, 0.1) is 11.7 Å². The van der Waals surface area contributed by atoms with Crippen LogP contribution in [0.4, 0.5) is 4.39 Å². The molecule has 96 valence electrons. The van der Waals surface area contributed by atoms with Gasteiger partial charge < -0.3 is 10.4 Å². The second-order valence-electron chi connectivity index (χ2n) is 4.92. The number of halogens is 1. The second-order valence-corrected chi connectivity index (χ2v) is 4.92. The second kappa shape index (κ2) is 6.60. The van der Waals surface area contributed by atoms with E-state index in [2.05, 4.69) is 19.2 Å². The summed E-state index contributed by atoms with van der Waals surface area (Å²) in [6.45, 7) is 7.22. The van der Waals surface area contributed by atoms with Crippen LogP contribution in [0.2, 0.25) is 0 Å². The fraction of sp³-hybridized carbons (Fsp3) is 0.571. The Hall–Kier alpha value is -1.09. The smallest absolute Gasteiger partial charge is 0.131 e. The molecule has 1 aromatic rings. The van der Waals surface area contributed by atoms with E-state index in [9.17, 15) is 4.39 Å². The van der Waals surface area contributed by atoms with Crippen LogP contribution in [0.5, 0.6) is 5.75 Å². The highest BCUT2D eigenvalue weighted by Crippen LogP contribution is 2.20. The van der Waals surface area contributed by atoms with Gasteiger partial charge in [0.25, 0.3) is 0 Å². The van der Waals surface area contributed by atoms with Gasteiger partial charge >= 0.3 is 0 Å². The summed E-state index contributed by atoms with van der Waals surface area (Å²) in [7, 11) is 0. The maximum Gasteiger partial charge on any atom is 0.131 e. The molecule has 0 aliphatic heterocycles. The molecule has 1 unspecified atom stereocenters. The third-order valence-corrected chi connectivity index (χ3v) is 2.86. The van der Waals surface area contributed by atoms with E-state index in [4.69, 9.17) is 5.11 Å². The van der Waals surface area contributed by atoms with Gasteiger partial charge in [0.1, 0.15) is 11.6 Å². The standard InChI is InChI=1S/C14H22FNO/c1-10(2)5-4-8-16-11(3)13-7-6-12(17)9-14(13)15/h6-7,9-11,16-17H,4-5,8H2,1-3H3. The van der Waals surface area contributed by atoms with Gasteiger partial charge in [0, 0.05) is 17.7 Å². The minimum atomic E-state index is -0.353. The number of hydrogen-bond acceptors (Lipinski definition) is 2. The average Bonchev–Trinajstić information content (AvgIpc) is 2.23. The van der Waals surface area contributed by atoms with E-state index in [-0.39, 0.29) is 17.6 Å². The molecule has 2 nitrogen and oxygen atoms in total. The summed E-state index contributed by atoms with van der Waals surface area (Å²) in [4.78, 5) is 0. The van der Waals surface area contributed by atoms with Gasteiger partial charge in [-0.15, -0.1) is 0 Å². The van der Waals surface area contributed by atoms with Crippen LogP contribution < -0.4 is 5.32 Å². The summed E-state index contributed by atoms with van der Waals surface area (Å²) in [6.07, 6.45) is 2.28. The third kappa shape index (κ3) is 4.73. The van der Waals surface area contributed by atoms with Crippen LogP contribution in [0.25, 0.3) is 0 Å². The summed E-state index contributed by atoms with van der Waals surface area (Å²) in [5.74, 6) is 0.324. The summed E-state index contributed by atoms with van der Waals surface area (Å²) >= 11 is 0. The lowest BCUT2D eigenvalue weighted by atomic mass is 10.1. The lowest BCUT2D eigenvalue weighted by Gasteiger charge is -2.15. The molecule has 0 spiro atoms. The summed E-state index contributed by atoms with van der Waals surface area (Å²) in [5, 5.41) is 12.4. The van der Waals surface area contributed by atoms with Crippen molar-refractivity contribution in [1.29, 1.82) is 0 Å². The molecule has 0 amide bonds. The van der Waals surface area contributed by atoms with Crippen LogP contribution >= 0.6 is 0 Å². The van der Waals surface area contributed by atoms with Gasteiger partial charge in [-0.05, 0) is 38.3 Å². The van der Waals surface area contributed by atoms with E-state index in [0.29, 0.717) is 11.5 Å². The average molecular weight is 239 g/mol. The molecule has 0 heterocycles. The monoisotopic (exact) mass is 239 g/mol. The largest absolute Gasteiger partial charge is 0.508 e. The molecule has 17 heavy (non-hydrogen) atoms. The topological polar surface area (TPSA) is 32.3 Å². The molecule has 0 aliphatic carbocycles. The highest BCUT2D eigenvalue weighted by Gasteiger charge is 2.10. The normalized spacial score (nSPS) is 13.0. The number of nitrogens with one attached hydrogen (secondary N) is 1. The van der Waals surface area contributed by atoms with Crippen molar-refractivity contribution in [2.45, 2.75) is 39.7 Å². The zero-order chi connectivity index (χ0) is 12.8. The van der Waals surface area contributed by atoms with Crippen molar-refractivity contribution in [2.75, 3.05) is 6.54 Å². The Labute approximate surface area is 103 Å². The molecule has 0 aliphatic rings. The minimum Gasteiger partial charge on any atom is -0.508 e. The third-order valence-electron chi connectivity index (χ3n) is 2.86. The zero-order valence-electron chi connectivity index (χ0n) is 10.8. The van der Waals surface area contributed by atoms with Gasteiger partial charge in [-0.25, -0.2) is 4.39 Å². The minimum absolute atomic E-state index is 0.0252. The maximum atomic E-state index is 13.5. The van der Waals surface area contributed by atoms with E-state index in [0.717, 1.165) is 19.0 Å². The fourth-order valence-corrected chi connectivity index (χ4v) is 1.81. The highest BCUT2D eigenvalue weighted by molar-refractivity contribution is 5.29. The molecule has 0 radical (unpaired) electrons. The Morgan fingerprint density at radius 1 is 1.29 bits per heavy atom. The van der Waals surface area contributed by atoms with Crippen molar-refractivity contribution in [3.63, 3.8) is 0 Å². The van der Waals surface area contributed by atoms with Crippen LogP contribution in [0.3, 0.4) is 0 Å². The van der Waals surface area contributed by atoms with Crippen molar-refractivity contribution < 1.29 is 9.50 Å². The molecule has 0 bridgehead atoms. The molecule has 0 aromatic heterocycles. The molecule has 0 saturated heterocycles. The maximum absolute atomic E-state index is 13.5. The van der Waals surface area contributed by atoms with Gasteiger partial charge in [-0.1, -0.05) is 19.9 Å². The summed E-state index contributed by atoms with van der Waals surface area (Å²) in [6, 6.07) is 4.28. The Bertz CT molecular complexity index is 352. The van der Waals surface area contributed by atoms with Crippen molar-refractivity contribution in [3.8, 4) is 5.75 Å². The van der Waals surface area contributed by atoms with Crippen molar-refractivity contribution >= 4 is 0 Å². The van der Waals surface area contributed by atoms with Gasteiger partial charge in [0.2, 0.25) is 0 Å². The Kier molecular flexibility index (Phi) is 5.42. The summed E-state index contributed by atoms with van der Waals surface area (Å²) in [5.41, 5.74) is 0.604. The Morgan fingerprint density at radius 3 is 2.59 bits per heavy atom. The molecule has 1 atom stereocenters. The number of benzene rings is 1. The predicted octanol–water partition coefficient (Wildman–Crippen LogP) is 3.62. The zero-order valence-corrected chi connectivity index (χ0v) is 10.8. The van der Waals surface area contributed by atoms with Gasteiger partial charge in [0.15, 0.2) is 0 Å². The number of phenols is 1. The molecular formula is C14H22FNO. The van der Waals surface area contributed by atoms with E-state index in [1.807, 2.05) is 6.92 Å². The van der Waals surface area contributed by atoms with Crippen molar-refractivity contribution in [2.24, 2.45) is 5.92 Å². The lowest BCUT2D eigenvalue weighted by Crippen LogP contribution is -2.21. The van der Waals surface area contributed by atoms with Crippen molar-refractivity contribution in [3.05, 3.63) is 29.6 Å². The molecule has 1 aromatic carbocycles. The first kappa shape index (κ1) is 14.0. The molecule has 0 fully saturated rings. The quantitative estimate of drug-likeness (QED) is 0.743. The fourth-order valence-electron chi connectivity index (χ4n) is 1.81. The van der Waals surface area contributed by atoms with E-state index >= 15 is 0 Å². The molecule has 3 heteroatoms. The number of aromatic hydroxyl groups is 1. The molecular weight excluding hydrogens is 217 g/mol. The van der Waals surface area contributed by atoms with Crippen LogP contribution in [0.15, 0.2) is 18.2 Å². The molecule has 1 rings (SSSR count). The first-order chi connectivity index (χ1) is 8.00. The van der Waals surface area contributed by atoms with E-state index in [1.165, 1.54) is 12.5 Å². The SMILES string of the molecule is CC(C)CCCNC(C)c1ccc(O)cc1F. The number of rotatable bonds is 6. The van der Waals surface area contributed by atoms with Gasteiger partial charge in [-0.3, -0.25) is 0 Å². The Balaban J connectivity index is 2.44. The van der Waals surface area contributed by atoms with E-state index < -0.39 is 0 Å². The van der Waals surface area contributed by atoms with Crippen LogP contribution in [-0.2, 0) is 0 Å². The van der Waals surface area contributed by atoms with Crippen molar-refractivity contribution in [1.82, 2.24) is 5.32 Å². The Morgan fingerprint density at radius 2 is 2.00 bits per heavy atom. The van der Waals surface area contributed by atoms with Crippen LogP contribution in [0.1, 0.15) is 45.2 Å². The van der Waals surface area contributed by atoms with Gasteiger partial charge in [0.05, 0.1) is 0 Å². The summed E-state index contributed by atoms with van der Waals surface area (Å²) < 4.78 is 13.5.